The van der Waals surface area contributed by atoms with Crippen LogP contribution in [-0.4, -0.2) is 28.0 Å². The highest BCUT2D eigenvalue weighted by atomic mass is 32.2. The summed E-state index contributed by atoms with van der Waals surface area (Å²) in [5, 5.41) is 0. The van der Waals surface area contributed by atoms with Crippen molar-refractivity contribution in [3.8, 4) is 5.75 Å². The highest BCUT2D eigenvalue weighted by molar-refractivity contribution is 7.91. The Hall–Kier alpha value is -2.61. The van der Waals surface area contributed by atoms with E-state index in [9.17, 15) is 17.6 Å². The molecule has 0 fully saturated rings. The minimum Gasteiger partial charge on any atom is -0.490 e. The van der Waals surface area contributed by atoms with Crippen molar-refractivity contribution in [1.82, 2.24) is 0 Å². The standard InChI is InChI=1S/C19H21FN2O4S/c1-19(2)12-26-17-9-8-15(10-16(17)22(3)18(19)23)21-27(24,25)11-13-4-6-14(20)7-5-13/h4-10,21H,11-12H2,1-3H3. The van der Waals surface area contributed by atoms with Crippen molar-refractivity contribution in [2.75, 3.05) is 23.3 Å². The van der Waals surface area contributed by atoms with Crippen molar-refractivity contribution < 1.29 is 22.3 Å². The summed E-state index contributed by atoms with van der Waals surface area (Å²) in [4.78, 5) is 14.0. The number of fused-ring (bicyclic) bond motifs is 1. The van der Waals surface area contributed by atoms with Gasteiger partial charge in [-0.3, -0.25) is 9.52 Å². The second-order valence-electron chi connectivity index (χ2n) is 7.21. The zero-order valence-corrected chi connectivity index (χ0v) is 16.1. The molecule has 1 aliphatic heterocycles. The van der Waals surface area contributed by atoms with Crippen LogP contribution in [0.15, 0.2) is 42.5 Å². The summed E-state index contributed by atoms with van der Waals surface area (Å²) in [6.07, 6.45) is 0. The van der Waals surface area contributed by atoms with Crippen LogP contribution in [0.3, 0.4) is 0 Å². The smallest absolute Gasteiger partial charge is 0.236 e. The maximum absolute atomic E-state index is 13.0. The normalized spacial score (nSPS) is 16.3. The molecule has 0 unspecified atom stereocenters. The molecule has 2 aromatic rings. The van der Waals surface area contributed by atoms with Gasteiger partial charge in [-0.1, -0.05) is 12.1 Å². The molecule has 3 rings (SSSR count). The number of carbonyl (C=O) groups excluding carboxylic acids is 1. The van der Waals surface area contributed by atoms with E-state index in [-0.39, 0.29) is 18.3 Å². The van der Waals surface area contributed by atoms with Crippen molar-refractivity contribution in [3.05, 3.63) is 53.8 Å². The lowest BCUT2D eigenvalue weighted by Gasteiger charge is -2.24. The minimum atomic E-state index is -3.71. The summed E-state index contributed by atoms with van der Waals surface area (Å²) >= 11 is 0. The average molecular weight is 392 g/mol. The van der Waals surface area contributed by atoms with E-state index < -0.39 is 21.3 Å². The van der Waals surface area contributed by atoms with E-state index in [0.29, 0.717) is 22.7 Å². The quantitative estimate of drug-likeness (QED) is 0.867. The van der Waals surface area contributed by atoms with Crippen LogP contribution in [0.1, 0.15) is 19.4 Å². The number of nitrogens with one attached hydrogen (secondary N) is 1. The number of hydrogen-bond acceptors (Lipinski definition) is 4. The molecule has 1 N–H and O–H groups in total. The van der Waals surface area contributed by atoms with Crippen molar-refractivity contribution in [2.45, 2.75) is 19.6 Å². The molecule has 0 spiro atoms. The Morgan fingerprint density at radius 1 is 1.19 bits per heavy atom. The van der Waals surface area contributed by atoms with Crippen LogP contribution in [0.2, 0.25) is 0 Å². The molecule has 1 amide bonds. The van der Waals surface area contributed by atoms with Crippen molar-refractivity contribution >= 4 is 27.3 Å². The topological polar surface area (TPSA) is 75.7 Å². The SMILES string of the molecule is CN1C(=O)C(C)(C)COc2ccc(NS(=O)(=O)Cc3ccc(F)cc3)cc21. The predicted octanol–water partition coefficient (Wildman–Crippen LogP) is 3.15. The first kappa shape index (κ1) is 19.2. The molecule has 2 aromatic carbocycles. The molecular formula is C19H21FN2O4S. The fourth-order valence-corrected chi connectivity index (χ4v) is 4.05. The number of anilines is 2. The number of benzene rings is 2. The molecule has 0 aromatic heterocycles. The first-order chi connectivity index (χ1) is 12.6. The van der Waals surface area contributed by atoms with E-state index >= 15 is 0 Å². The van der Waals surface area contributed by atoms with Gasteiger partial charge in [0.05, 0.1) is 22.5 Å². The first-order valence-electron chi connectivity index (χ1n) is 8.37. The van der Waals surface area contributed by atoms with E-state index in [1.165, 1.54) is 29.2 Å². The number of halogens is 1. The van der Waals surface area contributed by atoms with Gasteiger partial charge < -0.3 is 9.64 Å². The van der Waals surface area contributed by atoms with Crippen molar-refractivity contribution in [3.63, 3.8) is 0 Å². The fourth-order valence-electron chi connectivity index (χ4n) is 2.86. The highest BCUT2D eigenvalue weighted by Crippen LogP contribution is 2.37. The number of carbonyl (C=O) groups is 1. The van der Waals surface area contributed by atoms with Gasteiger partial charge in [0.15, 0.2) is 0 Å². The molecular weight excluding hydrogens is 371 g/mol. The number of sulfonamides is 1. The molecule has 0 bridgehead atoms. The van der Waals surface area contributed by atoms with E-state index in [2.05, 4.69) is 4.72 Å². The van der Waals surface area contributed by atoms with Gasteiger partial charge in [0.2, 0.25) is 15.9 Å². The summed E-state index contributed by atoms with van der Waals surface area (Å²) in [6.45, 7) is 3.83. The van der Waals surface area contributed by atoms with Gasteiger partial charge in [0.25, 0.3) is 0 Å². The Balaban J connectivity index is 1.84. The van der Waals surface area contributed by atoms with Crippen LogP contribution in [0.25, 0.3) is 0 Å². The van der Waals surface area contributed by atoms with Crippen LogP contribution >= 0.6 is 0 Å². The summed E-state index contributed by atoms with van der Waals surface area (Å²) in [5.74, 6) is -0.321. The van der Waals surface area contributed by atoms with Crippen LogP contribution in [0.5, 0.6) is 5.75 Å². The number of nitrogens with zero attached hydrogens (tertiary/aromatic N) is 1. The third-order valence-electron chi connectivity index (χ3n) is 4.34. The van der Waals surface area contributed by atoms with E-state index in [1.807, 2.05) is 0 Å². The monoisotopic (exact) mass is 392 g/mol. The Bertz CT molecular complexity index is 972. The Morgan fingerprint density at radius 3 is 2.52 bits per heavy atom. The van der Waals surface area contributed by atoms with E-state index in [4.69, 9.17) is 4.74 Å². The molecule has 144 valence electrons. The fraction of sp³-hybridized carbons (Fsp3) is 0.316. The Morgan fingerprint density at radius 2 is 1.85 bits per heavy atom. The lowest BCUT2D eigenvalue weighted by atomic mass is 9.93. The van der Waals surface area contributed by atoms with Gasteiger partial charge in [-0.2, -0.15) is 0 Å². The molecule has 8 heteroatoms. The number of amides is 1. The largest absolute Gasteiger partial charge is 0.490 e. The maximum Gasteiger partial charge on any atom is 0.236 e. The van der Waals surface area contributed by atoms with Crippen LogP contribution in [0.4, 0.5) is 15.8 Å². The molecule has 0 atom stereocenters. The van der Waals surface area contributed by atoms with E-state index in [0.717, 1.165) is 0 Å². The summed E-state index contributed by atoms with van der Waals surface area (Å²) in [5.41, 5.74) is 0.596. The molecule has 27 heavy (non-hydrogen) atoms. The average Bonchev–Trinajstić information content (AvgIpc) is 2.67. The molecule has 1 aliphatic rings. The molecule has 6 nitrogen and oxygen atoms in total. The Labute approximate surface area is 158 Å². The highest BCUT2D eigenvalue weighted by Gasteiger charge is 2.36. The number of rotatable bonds is 4. The van der Waals surface area contributed by atoms with Crippen LogP contribution in [-0.2, 0) is 20.6 Å². The van der Waals surface area contributed by atoms with Crippen molar-refractivity contribution in [1.29, 1.82) is 0 Å². The molecule has 0 saturated carbocycles. The number of hydrogen-bond donors (Lipinski definition) is 1. The molecule has 0 saturated heterocycles. The lowest BCUT2D eigenvalue weighted by molar-refractivity contribution is -0.127. The third kappa shape index (κ3) is 4.21. The van der Waals surface area contributed by atoms with Gasteiger partial charge in [-0.05, 0) is 49.7 Å². The molecule has 0 aliphatic carbocycles. The predicted molar refractivity (Wildman–Crippen MR) is 102 cm³/mol. The Kier molecular flexibility index (Phi) is 4.86. The van der Waals surface area contributed by atoms with Crippen LogP contribution < -0.4 is 14.4 Å². The zero-order valence-electron chi connectivity index (χ0n) is 15.3. The van der Waals surface area contributed by atoms with E-state index in [1.54, 1.807) is 39.1 Å². The lowest BCUT2D eigenvalue weighted by Crippen LogP contribution is -2.39. The summed E-state index contributed by atoms with van der Waals surface area (Å²) in [7, 11) is -2.07. The third-order valence-corrected chi connectivity index (χ3v) is 5.60. The van der Waals surface area contributed by atoms with Gasteiger partial charge in [0, 0.05) is 7.05 Å². The summed E-state index contributed by atoms with van der Waals surface area (Å²) < 4.78 is 46.0. The number of ether oxygens (including phenoxy) is 1. The van der Waals surface area contributed by atoms with Gasteiger partial charge in [-0.25, -0.2) is 12.8 Å². The van der Waals surface area contributed by atoms with Gasteiger partial charge in [-0.15, -0.1) is 0 Å². The molecule has 0 radical (unpaired) electrons. The molecule has 1 heterocycles. The first-order valence-corrected chi connectivity index (χ1v) is 10.0. The van der Waals surface area contributed by atoms with Crippen LogP contribution in [0, 0.1) is 11.2 Å². The minimum absolute atomic E-state index is 0.118. The summed E-state index contributed by atoms with van der Waals surface area (Å²) in [6, 6.07) is 10.1. The second-order valence-corrected chi connectivity index (χ2v) is 8.93. The maximum atomic E-state index is 13.0. The van der Waals surface area contributed by atoms with Gasteiger partial charge in [0.1, 0.15) is 18.2 Å². The zero-order chi connectivity index (χ0) is 19.8. The van der Waals surface area contributed by atoms with Crippen molar-refractivity contribution in [2.24, 2.45) is 5.41 Å². The van der Waals surface area contributed by atoms with Gasteiger partial charge >= 0.3 is 0 Å². The second kappa shape index (κ2) is 6.84.